The van der Waals surface area contributed by atoms with Gasteiger partial charge in [-0.15, -0.1) is 0 Å². The Hall–Kier alpha value is -6.24. The largest absolute Gasteiger partial charge is 0.0622 e. The number of hydrogen-bond donors (Lipinski definition) is 0. The lowest BCUT2D eigenvalue weighted by molar-refractivity contribution is 0.660. The molecular weight excluding hydrogens is 613 g/mol. The smallest absolute Gasteiger partial charge is 0.0159 e. The Kier molecular flexibility index (Phi) is 6.63. The maximum Gasteiger partial charge on any atom is 0.0159 e. The van der Waals surface area contributed by atoms with Gasteiger partial charge in [-0.25, -0.2) is 0 Å². The molecular formula is C51H36. The molecule has 9 aromatic carbocycles. The number of benzene rings is 9. The average Bonchev–Trinajstić information content (AvgIpc) is 3.42. The SMILES string of the molecule is CC1(C)c2ccccc2-c2ccc(-c3ccc(-c4cc(-c5c6ccccc6c(-c6ccccc6)c6ccccc56)c5ccccc5c4)cc3)cc21. The Morgan fingerprint density at radius 3 is 1.49 bits per heavy atom. The highest BCUT2D eigenvalue weighted by atomic mass is 14.4. The molecule has 0 saturated carbocycles. The molecule has 0 saturated heterocycles. The lowest BCUT2D eigenvalue weighted by atomic mass is 9.81. The van der Waals surface area contributed by atoms with Gasteiger partial charge in [0.2, 0.25) is 0 Å². The molecule has 0 amide bonds. The van der Waals surface area contributed by atoms with Crippen LogP contribution in [0.2, 0.25) is 0 Å². The van der Waals surface area contributed by atoms with Gasteiger partial charge in [-0.2, -0.15) is 0 Å². The minimum absolute atomic E-state index is 0.0168. The summed E-state index contributed by atoms with van der Waals surface area (Å²) in [6, 6.07) is 67.4. The van der Waals surface area contributed by atoms with Gasteiger partial charge in [0.05, 0.1) is 0 Å². The predicted octanol–water partition coefficient (Wildman–Crippen LogP) is 14.1. The number of fused-ring (bicyclic) bond motifs is 6. The van der Waals surface area contributed by atoms with E-state index in [0.29, 0.717) is 0 Å². The van der Waals surface area contributed by atoms with Crippen LogP contribution in [0.4, 0.5) is 0 Å². The molecule has 10 rings (SSSR count). The first-order valence-electron chi connectivity index (χ1n) is 17.9. The molecule has 0 bridgehead atoms. The molecule has 0 atom stereocenters. The van der Waals surface area contributed by atoms with Crippen molar-refractivity contribution < 1.29 is 0 Å². The van der Waals surface area contributed by atoms with Crippen molar-refractivity contribution in [3.8, 4) is 55.6 Å². The molecule has 0 heteroatoms. The zero-order chi connectivity index (χ0) is 34.1. The summed E-state index contributed by atoms with van der Waals surface area (Å²) >= 11 is 0. The van der Waals surface area contributed by atoms with Gasteiger partial charge in [-0.1, -0.05) is 178 Å². The van der Waals surface area contributed by atoms with Crippen LogP contribution in [0, 0.1) is 0 Å². The van der Waals surface area contributed by atoms with Crippen molar-refractivity contribution >= 4 is 32.3 Å². The van der Waals surface area contributed by atoms with E-state index in [1.807, 2.05) is 0 Å². The lowest BCUT2D eigenvalue weighted by Gasteiger charge is -2.22. The molecule has 0 N–H and O–H groups in total. The summed E-state index contributed by atoms with van der Waals surface area (Å²) in [5, 5.41) is 7.61. The van der Waals surface area contributed by atoms with Gasteiger partial charge in [0.1, 0.15) is 0 Å². The van der Waals surface area contributed by atoms with E-state index >= 15 is 0 Å². The van der Waals surface area contributed by atoms with E-state index in [1.54, 1.807) is 0 Å². The Labute approximate surface area is 299 Å². The summed E-state index contributed by atoms with van der Waals surface area (Å²) in [6.07, 6.45) is 0. The molecule has 0 fully saturated rings. The Morgan fingerprint density at radius 1 is 0.294 bits per heavy atom. The monoisotopic (exact) mass is 648 g/mol. The zero-order valence-corrected chi connectivity index (χ0v) is 28.8. The van der Waals surface area contributed by atoms with Crippen LogP contribution in [0.5, 0.6) is 0 Å². The molecule has 0 heterocycles. The van der Waals surface area contributed by atoms with Crippen LogP contribution >= 0.6 is 0 Å². The van der Waals surface area contributed by atoms with Crippen LogP contribution < -0.4 is 0 Å². The first-order valence-corrected chi connectivity index (χ1v) is 17.9. The standard InChI is InChI=1S/C51H36/c1-51(2)47-23-13-12-18-40(47)41-29-28-36(32-48(41)51)33-24-26-34(27-25-33)38-30-37-16-6-7-17-39(37)46(31-38)50-44-21-10-8-19-42(44)49(35-14-4-3-5-15-35)43-20-9-11-22-45(43)50/h3-32H,1-2H3. The van der Waals surface area contributed by atoms with Crippen LogP contribution in [0.1, 0.15) is 25.0 Å². The molecule has 1 aliphatic carbocycles. The second kappa shape index (κ2) is 11.4. The van der Waals surface area contributed by atoms with E-state index in [2.05, 4.69) is 196 Å². The van der Waals surface area contributed by atoms with Crippen LogP contribution in [0.25, 0.3) is 88.0 Å². The molecule has 0 nitrogen and oxygen atoms in total. The van der Waals surface area contributed by atoms with Crippen molar-refractivity contribution in [3.05, 3.63) is 193 Å². The van der Waals surface area contributed by atoms with E-state index in [9.17, 15) is 0 Å². The molecule has 1 aliphatic rings. The Balaban J connectivity index is 1.13. The third-order valence-corrected chi connectivity index (χ3v) is 11.3. The summed E-state index contributed by atoms with van der Waals surface area (Å²) in [4.78, 5) is 0. The van der Waals surface area contributed by atoms with Crippen molar-refractivity contribution in [2.75, 3.05) is 0 Å². The number of rotatable bonds is 4. The van der Waals surface area contributed by atoms with E-state index in [4.69, 9.17) is 0 Å². The van der Waals surface area contributed by atoms with Gasteiger partial charge in [0, 0.05) is 5.41 Å². The molecule has 0 aliphatic heterocycles. The molecule has 9 aromatic rings. The van der Waals surface area contributed by atoms with Gasteiger partial charge >= 0.3 is 0 Å². The fourth-order valence-electron chi connectivity index (χ4n) is 8.76. The molecule has 240 valence electrons. The van der Waals surface area contributed by atoms with E-state index in [-0.39, 0.29) is 5.41 Å². The highest BCUT2D eigenvalue weighted by molar-refractivity contribution is 6.23. The first kappa shape index (κ1) is 29.7. The second-order valence-electron chi connectivity index (χ2n) is 14.5. The summed E-state index contributed by atoms with van der Waals surface area (Å²) in [5.41, 5.74) is 15.5. The Bertz CT molecular complexity index is 2740. The molecule has 0 unspecified atom stereocenters. The second-order valence-corrected chi connectivity index (χ2v) is 14.5. The normalized spacial score (nSPS) is 13.1. The molecule has 0 aromatic heterocycles. The maximum absolute atomic E-state index is 2.42. The zero-order valence-electron chi connectivity index (χ0n) is 28.8. The molecule has 0 spiro atoms. The van der Waals surface area contributed by atoms with Crippen LogP contribution in [-0.4, -0.2) is 0 Å². The highest BCUT2D eigenvalue weighted by Crippen LogP contribution is 2.50. The fraction of sp³-hybridized carbons (Fsp3) is 0.0588. The summed E-state index contributed by atoms with van der Waals surface area (Å²) in [6.45, 7) is 4.70. The fourth-order valence-corrected chi connectivity index (χ4v) is 8.76. The predicted molar refractivity (Wildman–Crippen MR) is 218 cm³/mol. The summed E-state index contributed by atoms with van der Waals surface area (Å²) in [7, 11) is 0. The van der Waals surface area contributed by atoms with Crippen molar-refractivity contribution in [1.82, 2.24) is 0 Å². The van der Waals surface area contributed by atoms with E-state index in [0.717, 1.165) is 0 Å². The maximum atomic E-state index is 2.42. The third kappa shape index (κ3) is 4.60. The van der Waals surface area contributed by atoms with Gasteiger partial charge in [-0.05, 0) is 117 Å². The minimum Gasteiger partial charge on any atom is -0.0622 e. The van der Waals surface area contributed by atoms with Crippen molar-refractivity contribution in [2.24, 2.45) is 0 Å². The van der Waals surface area contributed by atoms with Crippen molar-refractivity contribution in [3.63, 3.8) is 0 Å². The van der Waals surface area contributed by atoms with Crippen LogP contribution in [-0.2, 0) is 5.41 Å². The molecule has 0 radical (unpaired) electrons. The van der Waals surface area contributed by atoms with Gasteiger partial charge in [0.25, 0.3) is 0 Å². The minimum atomic E-state index is -0.0168. The Morgan fingerprint density at radius 2 is 0.804 bits per heavy atom. The summed E-state index contributed by atoms with van der Waals surface area (Å²) < 4.78 is 0. The molecule has 51 heavy (non-hydrogen) atoms. The average molecular weight is 649 g/mol. The lowest BCUT2D eigenvalue weighted by Crippen LogP contribution is -2.14. The van der Waals surface area contributed by atoms with Crippen molar-refractivity contribution in [1.29, 1.82) is 0 Å². The van der Waals surface area contributed by atoms with Crippen LogP contribution in [0.3, 0.4) is 0 Å². The van der Waals surface area contributed by atoms with Crippen molar-refractivity contribution in [2.45, 2.75) is 19.3 Å². The first-order chi connectivity index (χ1) is 25.1. The highest BCUT2D eigenvalue weighted by Gasteiger charge is 2.35. The quantitative estimate of drug-likeness (QED) is 0.167. The summed E-state index contributed by atoms with van der Waals surface area (Å²) in [5.74, 6) is 0. The van der Waals surface area contributed by atoms with Gasteiger partial charge < -0.3 is 0 Å². The van der Waals surface area contributed by atoms with Gasteiger partial charge in [-0.3, -0.25) is 0 Å². The number of hydrogen-bond acceptors (Lipinski definition) is 0. The third-order valence-electron chi connectivity index (χ3n) is 11.3. The van der Waals surface area contributed by atoms with Gasteiger partial charge in [0.15, 0.2) is 0 Å². The van der Waals surface area contributed by atoms with Crippen LogP contribution in [0.15, 0.2) is 182 Å². The van der Waals surface area contributed by atoms with E-state index in [1.165, 1.54) is 99.1 Å². The topological polar surface area (TPSA) is 0 Å². The van der Waals surface area contributed by atoms with E-state index < -0.39 is 0 Å².